The van der Waals surface area contributed by atoms with Crippen molar-refractivity contribution in [1.82, 2.24) is 5.32 Å². The summed E-state index contributed by atoms with van der Waals surface area (Å²) < 4.78 is 5.10. The minimum Gasteiger partial charge on any atom is -0.452 e. The Morgan fingerprint density at radius 2 is 1.91 bits per heavy atom. The Bertz CT molecular complexity index is 672. The topological polar surface area (TPSA) is 55.4 Å². The molecule has 1 amide bonds. The van der Waals surface area contributed by atoms with Gasteiger partial charge in [-0.2, -0.15) is 0 Å². The molecular formula is C17H19NO3S. The van der Waals surface area contributed by atoms with Crippen molar-refractivity contribution in [2.75, 3.05) is 12.3 Å². The lowest BCUT2D eigenvalue weighted by atomic mass is 10.1. The highest BCUT2D eigenvalue weighted by atomic mass is 32.2. The maximum atomic E-state index is 11.8. The number of carbonyl (C=O) groups excluding carboxylic acids is 2. The van der Waals surface area contributed by atoms with E-state index in [4.69, 9.17) is 4.74 Å². The van der Waals surface area contributed by atoms with Crippen molar-refractivity contribution in [3.63, 3.8) is 0 Å². The Labute approximate surface area is 134 Å². The molecule has 0 aliphatic heterocycles. The molecule has 22 heavy (non-hydrogen) atoms. The summed E-state index contributed by atoms with van der Waals surface area (Å²) in [5.74, 6) is -0.481. The number of thioether (sulfide) groups is 1. The van der Waals surface area contributed by atoms with Crippen LogP contribution in [0.4, 0.5) is 0 Å². The van der Waals surface area contributed by atoms with Crippen molar-refractivity contribution in [2.45, 2.75) is 24.8 Å². The number of rotatable bonds is 6. The van der Waals surface area contributed by atoms with Crippen molar-refractivity contribution in [3.05, 3.63) is 42.5 Å². The first-order valence-electron chi connectivity index (χ1n) is 7.19. The smallest absolute Gasteiger partial charge is 0.317 e. The molecule has 0 radical (unpaired) electrons. The minimum atomic E-state index is -0.760. The summed E-state index contributed by atoms with van der Waals surface area (Å²) in [5, 5.41) is 4.92. The Morgan fingerprint density at radius 3 is 2.64 bits per heavy atom. The van der Waals surface area contributed by atoms with Crippen LogP contribution >= 0.6 is 11.8 Å². The van der Waals surface area contributed by atoms with E-state index in [0.717, 1.165) is 10.3 Å². The van der Waals surface area contributed by atoms with Gasteiger partial charge in [-0.15, -0.1) is 11.8 Å². The third-order valence-electron chi connectivity index (χ3n) is 3.11. The predicted octanol–water partition coefficient (Wildman–Crippen LogP) is 3.00. The van der Waals surface area contributed by atoms with E-state index in [-0.39, 0.29) is 11.7 Å². The molecule has 0 fully saturated rings. The van der Waals surface area contributed by atoms with Crippen LogP contribution < -0.4 is 5.32 Å². The molecule has 2 aromatic rings. The summed E-state index contributed by atoms with van der Waals surface area (Å²) in [4.78, 5) is 24.3. The van der Waals surface area contributed by atoms with Gasteiger partial charge in [0.25, 0.3) is 5.91 Å². The van der Waals surface area contributed by atoms with Crippen molar-refractivity contribution in [3.8, 4) is 0 Å². The lowest BCUT2D eigenvalue weighted by Gasteiger charge is -2.12. The summed E-state index contributed by atoms with van der Waals surface area (Å²) in [6, 6.07) is 14.1. The van der Waals surface area contributed by atoms with Crippen LogP contribution in [-0.4, -0.2) is 30.3 Å². The Hall–Kier alpha value is -2.01. The van der Waals surface area contributed by atoms with Crippen LogP contribution in [0.5, 0.6) is 0 Å². The zero-order valence-electron chi connectivity index (χ0n) is 12.7. The maximum Gasteiger partial charge on any atom is 0.317 e. The molecule has 1 atom stereocenters. The molecule has 5 heteroatoms. The molecule has 1 N–H and O–H groups in total. The van der Waals surface area contributed by atoms with Crippen LogP contribution in [0.25, 0.3) is 10.8 Å². The van der Waals surface area contributed by atoms with E-state index in [9.17, 15) is 9.59 Å². The van der Waals surface area contributed by atoms with E-state index in [1.807, 2.05) is 49.4 Å². The van der Waals surface area contributed by atoms with Gasteiger partial charge in [0.2, 0.25) is 0 Å². The van der Waals surface area contributed by atoms with E-state index < -0.39 is 12.1 Å². The van der Waals surface area contributed by atoms with E-state index in [0.29, 0.717) is 6.54 Å². The van der Waals surface area contributed by atoms with E-state index >= 15 is 0 Å². The van der Waals surface area contributed by atoms with E-state index in [1.165, 1.54) is 17.1 Å². The molecule has 0 aliphatic carbocycles. The second-order valence-electron chi connectivity index (χ2n) is 4.82. The van der Waals surface area contributed by atoms with Crippen molar-refractivity contribution < 1.29 is 14.3 Å². The fourth-order valence-corrected chi connectivity index (χ4v) is 2.73. The number of benzene rings is 2. The molecule has 0 saturated carbocycles. The molecule has 0 unspecified atom stereocenters. The highest BCUT2D eigenvalue weighted by Crippen LogP contribution is 2.23. The number of carbonyl (C=O) groups is 2. The zero-order chi connectivity index (χ0) is 15.9. The first-order chi connectivity index (χ1) is 10.6. The molecule has 2 rings (SSSR count). The molecule has 0 heterocycles. The molecule has 0 spiro atoms. The highest BCUT2D eigenvalue weighted by Gasteiger charge is 2.16. The molecular weight excluding hydrogens is 298 g/mol. The zero-order valence-corrected chi connectivity index (χ0v) is 13.5. The normalized spacial score (nSPS) is 11.9. The van der Waals surface area contributed by atoms with Crippen LogP contribution in [0.15, 0.2) is 47.4 Å². The third-order valence-corrected chi connectivity index (χ3v) is 4.07. The molecule has 116 valence electrons. The number of nitrogens with one attached hydrogen (secondary N) is 1. The van der Waals surface area contributed by atoms with Gasteiger partial charge in [-0.05, 0) is 36.8 Å². The lowest BCUT2D eigenvalue weighted by molar-refractivity contribution is -0.152. The van der Waals surface area contributed by atoms with E-state index in [1.54, 1.807) is 6.92 Å². The largest absolute Gasteiger partial charge is 0.452 e. The second kappa shape index (κ2) is 7.84. The van der Waals surface area contributed by atoms with Gasteiger partial charge in [-0.25, -0.2) is 0 Å². The van der Waals surface area contributed by atoms with Crippen molar-refractivity contribution in [1.29, 1.82) is 0 Å². The fraction of sp³-hybridized carbons (Fsp3) is 0.294. The van der Waals surface area contributed by atoms with Gasteiger partial charge in [-0.1, -0.05) is 30.3 Å². The summed E-state index contributed by atoms with van der Waals surface area (Å²) in [6.07, 6.45) is -0.760. The van der Waals surface area contributed by atoms with Crippen molar-refractivity contribution >= 4 is 34.4 Å². The summed E-state index contributed by atoms with van der Waals surface area (Å²) in [5.41, 5.74) is 0. The van der Waals surface area contributed by atoms with Gasteiger partial charge in [-0.3, -0.25) is 9.59 Å². The average Bonchev–Trinajstić information content (AvgIpc) is 2.53. The van der Waals surface area contributed by atoms with Gasteiger partial charge < -0.3 is 10.1 Å². The van der Waals surface area contributed by atoms with Crippen LogP contribution in [0.3, 0.4) is 0 Å². The van der Waals surface area contributed by atoms with Crippen LogP contribution in [0.1, 0.15) is 13.8 Å². The fourth-order valence-electron chi connectivity index (χ4n) is 2.00. The Morgan fingerprint density at radius 1 is 1.18 bits per heavy atom. The summed E-state index contributed by atoms with van der Waals surface area (Å²) >= 11 is 1.40. The average molecular weight is 317 g/mol. The molecule has 4 nitrogen and oxygen atoms in total. The molecule has 0 bridgehead atoms. The highest BCUT2D eigenvalue weighted by molar-refractivity contribution is 8.00. The SMILES string of the molecule is CCNC(=O)[C@H](C)OC(=O)CSc1ccc2ccccc2c1. The molecule has 0 saturated heterocycles. The Balaban J connectivity index is 1.88. The second-order valence-corrected chi connectivity index (χ2v) is 5.87. The van der Waals surface area contributed by atoms with E-state index in [2.05, 4.69) is 5.32 Å². The predicted molar refractivity (Wildman–Crippen MR) is 88.9 cm³/mol. The molecule has 0 aromatic heterocycles. The number of fused-ring (bicyclic) bond motifs is 1. The first-order valence-corrected chi connectivity index (χ1v) is 8.17. The van der Waals surface area contributed by atoms with Gasteiger partial charge >= 0.3 is 5.97 Å². The lowest BCUT2D eigenvalue weighted by Crippen LogP contribution is -2.35. The molecule has 2 aromatic carbocycles. The minimum absolute atomic E-state index is 0.183. The van der Waals surface area contributed by atoms with Crippen LogP contribution in [0.2, 0.25) is 0 Å². The quantitative estimate of drug-likeness (QED) is 0.657. The number of hydrogen-bond donors (Lipinski definition) is 1. The number of likely N-dealkylation sites (N-methyl/N-ethyl adjacent to an activating group) is 1. The third kappa shape index (κ3) is 4.49. The number of amides is 1. The maximum absolute atomic E-state index is 11.8. The van der Waals surface area contributed by atoms with Crippen molar-refractivity contribution in [2.24, 2.45) is 0 Å². The van der Waals surface area contributed by atoms with Gasteiger partial charge in [0.05, 0.1) is 5.75 Å². The van der Waals surface area contributed by atoms with Crippen LogP contribution in [-0.2, 0) is 14.3 Å². The Kier molecular flexibility index (Phi) is 5.83. The van der Waals surface area contributed by atoms with Crippen LogP contribution in [0, 0.1) is 0 Å². The standard InChI is InChI=1S/C17H19NO3S/c1-3-18-17(20)12(2)21-16(19)11-22-15-9-8-13-6-4-5-7-14(13)10-15/h4-10,12H,3,11H2,1-2H3,(H,18,20)/t12-/m0/s1. The summed E-state index contributed by atoms with van der Waals surface area (Å²) in [6.45, 7) is 3.91. The van der Waals surface area contributed by atoms with Gasteiger partial charge in [0.15, 0.2) is 6.10 Å². The van der Waals surface area contributed by atoms with Gasteiger partial charge in [0, 0.05) is 11.4 Å². The molecule has 0 aliphatic rings. The number of esters is 1. The number of ether oxygens (including phenoxy) is 1. The van der Waals surface area contributed by atoms with Gasteiger partial charge in [0.1, 0.15) is 0 Å². The first kappa shape index (κ1) is 16.4. The summed E-state index contributed by atoms with van der Waals surface area (Å²) in [7, 11) is 0. The monoisotopic (exact) mass is 317 g/mol. The number of hydrogen-bond acceptors (Lipinski definition) is 4.